The molecule has 0 heterocycles. The lowest BCUT2D eigenvalue weighted by atomic mass is 10.1. The molecule has 7 heteroatoms. The number of sulfone groups is 1. The van der Waals surface area contributed by atoms with E-state index in [-0.39, 0.29) is 22.8 Å². The first-order valence-corrected chi connectivity index (χ1v) is 10.9. The van der Waals surface area contributed by atoms with E-state index in [4.69, 9.17) is 10.00 Å². The maximum atomic E-state index is 12.7. The fraction of sp³-hybridized carbons (Fsp3) is 0.130. The van der Waals surface area contributed by atoms with Gasteiger partial charge in [-0.15, -0.1) is 0 Å². The van der Waals surface area contributed by atoms with Crippen LogP contribution in [0.3, 0.4) is 0 Å². The molecule has 3 aromatic rings. The summed E-state index contributed by atoms with van der Waals surface area (Å²) in [6.07, 6.45) is 0. The van der Waals surface area contributed by atoms with Gasteiger partial charge in [-0.2, -0.15) is 5.26 Å². The normalized spacial score (nSPS) is 10.8. The maximum Gasteiger partial charge on any atom is 0.256 e. The molecule has 0 unspecified atom stereocenters. The summed E-state index contributed by atoms with van der Waals surface area (Å²) in [6, 6.07) is 22.2. The zero-order valence-electron chi connectivity index (χ0n) is 16.3. The Balaban J connectivity index is 1.74. The number of nitriles is 1. The second-order valence-electron chi connectivity index (χ2n) is 6.48. The maximum absolute atomic E-state index is 12.7. The Morgan fingerprint density at radius 1 is 1.03 bits per heavy atom. The molecule has 0 aromatic heterocycles. The molecule has 152 valence electrons. The summed E-state index contributed by atoms with van der Waals surface area (Å²) >= 11 is 0. The summed E-state index contributed by atoms with van der Waals surface area (Å²) in [4.78, 5) is 12.7. The van der Waals surface area contributed by atoms with Crippen LogP contribution in [-0.4, -0.2) is 20.1 Å². The van der Waals surface area contributed by atoms with Crippen molar-refractivity contribution in [2.24, 2.45) is 0 Å². The number of benzene rings is 3. The molecule has 0 radical (unpaired) electrons. The molecule has 0 spiro atoms. The number of amides is 1. The lowest BCUT2D eigenvalue weighted by molar-refractivity contribution is 0.102. The number of rotatable bonds is 7. The van der Waals surface area contributed by atoms with E-state index in [1.54, 1.807) is 54.6 Å². The van der Waals surface area contributed by atoms with Gasteiger partial charge >= 0.3 is 0 Å². The van der Waals surface area contributed by atoms with Crippen molar-refractivity contribution in [3.8, 4) is 11.8 Å². The molecule has 0 bridgehead atoms. The molecular weight excluding hydrogens is 400 g/mol. The Morgan fingerprint density at radius 2 is 1.80 bits per heavy atom. The standard InChI is InChI=1S/C23H20N2O4S/c1-2-30(27,28)22-12-4-3-11-21(22)23(26)25-19-9-6-10-20(14-19)29-16-18-8-5-7-17(13-18)15-24/h3-14H,2,16H2,1H3,(H,25,26). The molecule has 0 aliphatic heterocycles. The molecule has 3 aromatic carbocycles. The second-order valence-corrected chi connectivity index (χ2v) is 8.73. The van der Waals surface area contributed by atoms with Gasteiger partial charge in [0.1, 0.15) is 12.4 Å². The fourth-order valence-electron chi connectivity index (χ4n) is 2.84. The molecule has 0 aliphatic carbocycles. The number of ether oxygens (including phenoxy) is 1. The van der Waals surface area contributed by atoms with Gasteiger partial charge < -0.3 is 10.1 Å². The summed E-state index contributed by atoms with van der Waals surface area (Å²) in [5.41, 5.74) is 1.98. The van der Waals surface area contributed by atoms with Crippen LogP contribution >= 0.6 is 0 Å². The van der Waals surface area contributed by atoms with E-state index in [2.05, 4.69) is 11.4 Å². The van der Waals surface area contributed by atoms with E-state index in [1.165, 1.54) is 19.1 Å². The topological polar surface area (TPSA) is 96.3 Å². The van der Waals surface area contributed by atoms with Crippen molar-refractivity contribution < 1.29 is 17.9 Å². The van der Waals surface area contributed by atoms with Gasteiger partial charge in [0, 0.05) is 11.8 Å². The van der Waals surface area contributed by atoms with Gasteiger partial charge in [-0.05, 0) is 42.0 Å². The van der Waals surface area contributed by atoms with Crippen LogP contribution in [-0.2, 0) is 16.4 Å². The minimum atomic E-state index is -3.53. The van der Waals surface area contributed by atoms with Crippen LogP contribution in [0.2, 0.25) is 0 Å². The first-order chi connectivity index (χ1) is 14.4. The monoisotopic (exact) mass is 420 g/mol. The number of carbonyl (C=O) groups is 1. The molecule has 0 aliphatic rings. The summed E-state index contributed by atoms with van der Waals surface area (Å²) < 4.78 is 30.3. The first kappa shape index (κ1) is 21.1. The SMILES string of the molecule is CCS(=O)(=O)c1ccccc1C(=O)Nc1cccc(OCc2cccc(C#N)c2)c1. The van der Waals surface area contributed by atoms with Crippen molar-refractivity contribution in [2.75, 3.05) is 11.1 Å². The zero-order chi connectivity index (χ0) is 21.6. The van der Waals surface area contributed by atoms with Gasteiger partial charge in [0.05, 0.1) is 27.8 Å². The predicted octanol–water partition coefficient (Wildman–Crippen LogP) is 4.18. The third-order valence-corrected chi connectivity index (χ3v) is 6.19. The van der Waals surface area contributed by atoms with E-state index in [0.29, 0.717) is 17.0 Å². The van der Waals surface area contributed by atoms with Crippen molar-refractivity contribution in [1.82, 2.24) is 0 Å². The van der Waals surface area contributed by atoms with Crippen LogP contribution in [0.5, 0.6) is 5.75 Å². The van der Waals surface area contributed by atoms with Crippen molar-refractivity contribution in [3.05, 3.63) is 89.5 Å². The van der Waals surface area contributed by atoms with Crippen LogP contribution in [0.15, 0.2) is 77.7 Å². The Bertz CT molecular complexity index is 1210. The molecule has 1 amide bonds. The minimum Gasteiger partial charge on any atom is -0.489 e. The second kappa shape index (κ2) is 9.25. The summed E-state index contributed by atoms with van der Waals surface area (Å²) in [6.45, 7) is 1.81. The van der Waals surface area contributed by atoms with Crippen LogP contribution < -0.4 is 10.1 Å². The highest BCUT2D eigenvalue weighted by Gasteiger charge is 2.20. The molecule has 0 fully saturated rings. The third-order valence-electron chi connectivity index (χ3n) is 4.40. The predicted molar refractivity (Wildman–Crippen MR) is 114 cm³/mol. The molecule has 3 rings (SSSR count). The molecule has 0 saturated heterocycles. The lowest BCUT2D eigenvalue weighted by Crippen LogP contribution is -2.17. The molecule has 30 heavy (non-hydrogen) atoms. The van der Waals surface area contributed by atoms with E-state index in [9.17, 15) is 13.2 Å². The van der Waals surface area contributed by atoms with Crippen LogP contribution in [0, 0.1) is 11.3 Å². The van der Waals surface area contributed by atoms with E-state index in [0.717, 1.165) is 5.56 Å². The minimum absolute atomic E-state index is 0.00905. The molecule has 1 N–H and O–H groups in total. The van der Waals surface area contributed by atoms with Crippen LogP contribution in [0.4, 0.5) is 5.69 Å². The highest BCUT2D eigenvalue weighted by Crippen LogP contribution is 2.22. The largest absolute Gasteiger partial charge is 0.489 e. The average Bonchev–Trinajstić information content (AvgIpc) is 2.78. The molecular formula is C23H20N2O4S. The Hall–Kier alpha value is -3.63. The van der Waals surface area contributed by atoms with Gasteiger partial charge in [-0.25, -0.2) is 8.42 Å². The smallest absolute Gasteiger partial charge is 0.256 e. The van der Waals surface area contributed by atoms with Gasteiger partial charge in [0.25, 0.3) is 5.91 Å². The van der Waals surface area contributed by atoms with Crippen molar-refractivity contribution in [3.63, 3.8) is 0 Å². The van der Waals surface area contributed by atoms with Crippen LogP contribution in [0.1, 0.15) is 28.4 Å². The first-order valence-electron chi connectivity index (χ1n) is 9.28. The lowest BCUT2D eigenvalue weighted by Gasteiger charge is -2.12. The molecule has 0 saturated carbocycles. The van der Waals surface area contributed by atoms with Crippen molar-refractivity contribution >= 4 is 21.4 Å². The van der Waals surface area contributed by atoms with Gasteiger partial charge in [0.2, 0.25) is 0 Å². The highest BCUT2D eigenvalue weighted by atomic mass is 32.2. The summed E-state index contributed by atoms with van der Waals surface area (Å²) in [7, 11) is -3.53. The van der Waals surface area contributed by atoms with Crippen LogP contribution in [0.25, 0.3) is 0 Å². The van der Waals surface area contributed by atoms with E-state index >= 15 is 0 Å². The van der Waals surface area contributed by atoms with E-state index < -0.39 is 15.7 Å². The number of nitrogens with zero attached hydrogens (tertiary/aromatic N) is 1. The number of carbonyl (C=O) groups excluding carboxylic acids is 1. The third kappa shape index (κ3) is 5.04. The van der Waals surface area contributed by atoms with Gasteiger partial charge in [-0.1, -0.05) is 37.3 Å². The summed E-state index contributed by atoms with van der Waals surface area (Å²) in [5.74, 6) is -0.0701. The number of nitrogens with one attached hydrogen (secondary N) is 1. The van der Waals surface area contributed by atoms with Crippen molar-refractivity contribution in [2.45, 2.75) is 18.4 Å². The average molecular weight is 420 g/mol. The van der Waals surface area contributed by atoms with Gasteiger partial charge in [-0.3, -0.25) is 4.79 Å². The Morgan fingerprint density at radius 3 is 2.57 bits per heavy atom. The quantitative estimate of drug-likeness (QED) is 0.618. The number of anilines is 1. The molecule has 6 nitrogen and oxygen atoms in total. The Kier molecular flexibility index (Phi) is 6.50. The number of hydrogen-bond donors (Lipinski definition) is 1. The fourth-order valence-corrected chi connectivity index (χ4v) is 3.93. The molecule has 0 atom stereocenters. The number of hydrogen-bond acceptors (Lipinski definition) is 5. The highest BCUT2D eigenvalue weighted by molar-refractivity contribution is 7.91. The zero-order valence-corrected chi connectivity index (χ0v) is 17.1. The summed E-state index contributed by atoms with van der Waals surface area (Å²) in [5, 5.41) is 11.7. The Labute approximate surface area is 175 Å². The van der Waals surface area contributed by atoms with E-state index in [1.807, 2.05) is 6.07 Å². The van der Waals surface area contributed by atoms with Gasteiger partial charge in [0.15, 0.2) is 9.84 Å². The van der Waals surface area contributed by atoms with Crippen molar-refractivity contribution in [1.29, 1.82) is 5.26 Å².